The molecule has 1 aromatic rings. The lowest BCUT2D eigenvalue weighted by Gasteiger charge is -2.21. The Bertz CT molecular complexity index is 487. The summed E-state index contributed by atoms with van der Waals surface area (Å²) in [4.78, 5) is 13.6. The number of hydrogen-bond donors (Lipinski definition) is 1. The number of nitrogen functional groups attached to an aromatic ring is 1. The minimum atomic E-state index is -0.513. The van der Waals surface area contributed by atoms with E-state index in [1.54, 1.807) is 6.92 Å². The zero-order valence-corrected chi connectivity index (χ0v) is 11.3. The molecule has 5 heteroatoms. The smallest absolute Gasteiger partial charge is 0.340 e. The number of nitrogens with two attached hydrogens (primary N) is 1. The first-order valence-electron chi connectivity index (χ1n) is 6.50. The summed E-state index contributed by atoms with van der Waals surface area (Å²) in [5.74, 6) is -0.289. The summed E-state index contributed by atoms with van der Waals surface area (Å²) in [6.45, 7) is 2.78. The Kier molecular flexibility index (Phi) is 3.93. The Morgan fingerprint density at radius 3 is 2.79 bits per heavy atom. The maximum Gasteiger partial charge on any atom is 0.340 e. The average molecular weight is 266 g/mol. The first kappa shape index (κ1) is 13.6. The summed E-state index contributed by atoms with van der Waals surface area (Å²) >= 11 is 0. The molecule has 19 heavy (non-hydrogen) atoms. The van der Waals surface area contributed by atoms with Gasteiger partial charge in [0.2, 0.25) is 0 Å². The van der Waals surface area contributed by atoms with Crippen LogP contribution in [-0.2, 0) is 4.74 Å². The van der Waals surface area contributed by atoms with E-state index in [9.17, 15) is 9.18 Å². The lowest BCUT2D eigenvalue weighted by Crippen LogP contribution is -2.22. The number of hydrogen-bond acceptors (Lipinski definition) is 4. The minimum absolute atomic E-state index is 0.111. The molecule has 0 bridgehead atoms. The predicted octanol–water partition coefficient (Wildman–Crippen LogP) is 2.43. The quantitative estimate of drug-likeness (QED) is 0.657. The molecule has 1 aliphatic rings. The largest absolute Gasteiger partial charge is 0.462 e. The van der Waals surface area contributed by atoms with Gasteiger partial charge >= 0.3 is 5.97 Å². The van der Waals surface area contributed by atoms with Crippen LogP contribution < -0.4 is 10.6 Å². The third kappa shape index (κ3) is 3.16. The monoisotopic (exact) mass is 266 g/mol. The van der Waals surface area contributed by atoms with Gasteiger partial charge in [-0.05, 0) is 37.8 Å². The molecule has 0 heterocycles. The molecule has 0 atom stereocenters. The Morgan fingerprint density at radius 1 is 1.53 bits per heavy atom. The number of halogens is 1. The summed E-state index contributed by atoms with van der Waals surface area (Å²) in [6.07, 6.45) is 2.37. The van der Waals surface area contributed by atoms with E-state index in [0.717, 1.165) is 6.54 Å². The molecule has 4 nitrogen and oxygen atoms in total. The van der Waals surface area contributed by atoms with Gasteiger partial charge in [-0.15, -0.1) is 0 Å². The van der Waals surface area contributed by atoms with E-state index in [4.69, 9.17) is 10.5 Å². The zero-order chi connectivity index (χ0) is 14.0. The highest BCUT2D eigenvalue weighted by atomic mass is 19.1. The number of carbonyl (C=O) groups excluding carboxylic acids is 1. The molecule has 0 saturated heterocycles. The number of anilines is 2. The van der Waals surface area contributed by atoms with Gasteiger partial charge in [0.05, 0.1) is 17.9 Å². The highest BCUT2D eigenvalue weighted by Gasteiger charge is 2.25. The normalized spacial score (nSPS) is 14.3. The molecule has 1 aromatic carbocycles. The Morgan fingerprint density at radius 2 is 2.21 bits per heavy atom. The van der Waals surface area contributed by atoms with E-state index in [-0.39, 0.29) is 17.9 Å². The van der Waals surface area contributed by atoms with Crippen LogP contribution in [0.25, 0.3) is 0 Å². The average Bonchev–Trinajstić information content (AvgIpc) is 3.13. The maximum atomic E-state index is 13.9. The van der Waals surface area contributed by atoms with Crippen molar-refractivity contribution in [2.75, 3.05) is 30.8 Å². The molecule has 1 saturated carbocycles. The minimum Gasteiger partial charge on any atom is -0.462 e. The Hall–Kier alpha value is -1.78. The first-order chi connectivity index (χ1) is 9.02. The fraction of sp³-hybridized carbons (Fsp3) is 0.500. The van der Waals surface area contributed by atoms with Crippen molar-refractivity contribution in [3.05, 3.63) is 23.5 Å². The van der Waals surface area contributed by atoms with Crippen molar-refractivity contribution in [3.63, 3.8) is 0 Å². The molecule has 0 radical (unpaired) electrons. The maximum absolute atomic E-state index is 13.9. The van der Waals surface area contributed by atoms with Crippen molar-refractivity contribution in [2.45, 2.75) is 19.8 Å². The van der Waals surface area contributed by atoms with Crippen molar-refractivity contribution < 1.29 is 13.9 Å². The van der Waals surface area contributed by atoms with E-state index >= 15 is 0 Å². The standard InChI is InChI=1S/C14H19FN2O2/c1-3-19-14(18)10-6-13(11(15)7-12(10)16)17(2)8-9-4-5-9/h6-7,9H,3-5,8,16H2,1-2H3. The van der Waals surface area contributed by atoms with Crippen molar-refractivity contribution in [1.29, 1.82) is 0 Å². The van der Waals surface area contributed by atoms with Crippen LogP contribution in [0.2, 0.25) is 0 Å². The molecule has 0 aromatic heterocycles. The van der Waals surface area contributed by atoms with Gasteiger partial charge in [-0.25, -0.2) is 9.18 Å². The van der Waals surface area contributed by atoms with Crippen LogP contribution in [-0.4, -0.2) is 26.2 Å². The van der Waals surface area contributed by atoms with Crippen molar-refractivity contribution in [3.8, 4) is 0 Å². The fourth-order valence-electron chi connectivity index (χ4n) is 2.04. The summed E-state index contributed by atoms with van der Waals surface area (Å²) in [6, 6.07) is 2.66. The van der Waals surface area contributed by atoms with Gasteiger partial charge < -0.3 is 15.4 Å². The SMILES string of the molecule is CCOC(=O)c1cc(N(C)CC2CC2)c(F)cc1N. The van der Waals surface area contributed by atoms with Crippen LogP contribution >= 0.6 is 0 Å². The van der Waals surface area contributed by atoms with Gasteiger partial charge in [0.15, 0.2) is 0 Å². The number of rotatable bonds is 5. The summed E-state index contributed by atoms with van der Waals surface area (Å²) in [5, 5.41) is 0. The van der Waals surface area contributed by atoms with Crippen molar-refractivity contribution >= 4 is 17.3 Å². The molecule has 0 unspecified atom stereocenters. The lowest BCUT2D eigenvalue weighted by atomic mass is 10.1. The summed E-state index contributed by atoms with van der Waals surface area (Å²) in [5.41, 5.74) is 6.40. The molecule has 0 amide bonds. The highest BCUT2D eigenvalue weighted by molar-refractivity contribution is 5.96. The van der Waals surface area contributed by atoms with Crippen LogP contribution in [0.5, 0.6) is 0 Å². The molecule has 1 aliphatic carbocycles. The number of carbonyl (C=O) groups is 1. The van der Waals surface area contributed by atoms with Crippen LogP contribution in [0.1, 0.15) is 30.1 Å². The first-order valence-corrected chi connectivity index (χ1v) is 6.50. The van der Waals surface area contributed by atoms with Gasteiger partial charge in [0, 0.05) is 19.3 Å². The van der Waals surface area contributed by atoms with Crippen LogP contribution in [0.15, 0.2) is 12.1 Å². The molecule has 1 fully saturated rings. The van der Waals surface area contributed by atoms with Gasteiger partial charge in [-0.3, -0.25) is 0 Å². The van der Waals surface area contributed by atoms with Crippen LogP contribution in [0, 0.1) is 11.7 Å². The Labute approximate surface area is 112 Å². The molecular weight excluding hydrogens is 247 g/mol. The highest BCUT2D eigenvalue weighted by Crippen LogP contribution is 2.32. The van der Waals surface area contributed by atoms with E-state index in [0.29, 0.717) is 11.6 Å². The molecule has 0 aliphatic heterocycles. The number of nitrogens with zero attached hydrogens (tertiary/aromatic N) is 1. The fourth-order valence-corrected chi connectivity index (χ4v) is 2.04. The molecule has 2 rings (SSSR count). The van der Waals surface area contributed by atoms with E-state index < -0.39 is 11.8 Å². The predicted molar refractivity (Wildman–Crippen MR) is 72.8 cm³/mol. The van der Waals surface area contributed by atoms with E-state index in [2.05, 4.69) is 0 Å². The summed E-state index contributed by atoms with van der Waals surface area (Å²) in [7, 11) is 1.82. The van der Waals surface area contributed by atoms with Gasteiger partial charge in [-0.1, -0.05) is 0 Å². The molecule has 104 valence electrons. The van der Waals surface area contributed by atoms with Crippen LogP contribution in [0.4, 0.5) is 15.8 Å². The lowest BCUT2D eigenvalue weighted by molar-refractivity contribution is 0.0527. The summed E-state index contributed by atoms with van der Waals surface area (Å²) < 4.78 is 18.8. The number of benzene rings is 1. The number of ether oxygens (including phenoxy) is 1. The van der Waals surface area contributed by atoms with Gasteiger partial charge in [-0.2, -0.15) is 0 Å². The van der Waals surface area contributed by atoms with E-state index in [1.165, 1.54) is 25.0 Å². The van der Waals surface area contributed by atoms with Crippen molar-refractivity contribution in [1.82, 2.24) is 0 Å². The zero-order valence-electron chi connectivity index (χ0n) is 11.3. The third-order valence-electron chi connectivity index (χ3n) is 3.25. The second kappa shape index (κ2) is 5.47. The van der Waals surface area contributed by atoms with E-state index in [1.807, 2.05) is 11.9 Å². The van der Waals surface area contributed by atoms with Crippen LogP contribution in [0.3, 0.4) is 0 Å². The third-order valence-corrected chi connectivity index (χ3v) is 3.25. The topological polar surface area (TPSA) is 55.6 Å². The molecule has 2 N–H and O–H groups in total. The van der Waals surface area contributed by atoms with Crippen molar-refractivity contribution in [2.24, 2.45) is 5.92 Å². The Balaban J connectivity index is 2.26. The second-order valence-electron chi connectivity index (χ2n) is 4.94. The van der Waals surface area contributed by atoms with Gasteiger partial charge in [0.1, 0.15) is 5.82 Å². The number of esters is 1. The molecule has 0 spiro atoms. The molecular formula is C14H19FN2O2. The van der Waals surface area contributed by atoms with Gasteiger partial charge in [0.25, 0.3) is 0 Å². The second-order valence-corrected chi connectivity index (χ2v) is 4.94.